The van der Waals surface area contributed by atoms with Crippen LogP contribution in [0.3, 0.4) is 0 Å². The average molecular weight is 356 g/mol. The molecular weight excluding hydrogens is 347 g/mol. The van der Waals surface area contributed by atoms with Gasteiger partial charge in [0.15, 0.2) is 5.78 Å². The lowest BCUT2D eigenvalue weighted by Gasteiger charge is -2.11. The molecule has 2 aromatic carbocycles. The topological polar surface area (TPSA) is 17.1 Å². The van der Waals surface area contributed by atoms with Crippen molar-refractivity contribution in [3.63, 3.8) is 0 Å². The number of rotatable bonds is 2. The van der Waals surface area contributed by atoms with E-state index in [-0.39, 0.29) is 11.7 Å². The van der Waals surface area contributed by atoms with Gasteiger partial charge in [0.25, 0.3) is 0 Å². The van der Waals surface area contributed by atoms with Crippen LogP contribution in [0.15, 0.2) is 36.4 Å². The molecule has 1 nitrogen and oxygen atoms in total. The Labute approximate surface area is 129 Å². The van der Waals surface area contributed by atoms with Gasteiger partial charge in [-0.15, -0.1) is 0 Å². The summed E-state index contributed by atoms with van der Waals surface area (Å²) in [5, 5.41) is 1.60. The largest absolute Gasteiger partial charge is 0.298 e. The standard InChI is InChI=1S/C15H9BrCl2O/c16-7-14(19)15-12-5-8(17)1-3-10(12)11-4-2-9(18)6-13(11)15/h1-6,15H,7H2. The van der Waals surface area contributed by atoms with Crippen LogP contribution in [-0.4, -0.2) is 11.1 Å². The summed E-state index contributed by atoms with van der Waals surface area (Å²) >= 11 is 15.4. The lowest BCUT2D eigenvalue weighted by Crippen LogP contribution is -2.12. The van der Waals surface area contributed by atoms with Crippen LogP contribution in [0.5, 0.6) is 0 Å². The van der Waals surface area contributed by atoms with Gasteiger partial charge in [-0.2, -0.15) is 0 Å². The molecule has 0 bridgehead atoms. The zero-order chi connectivity index (χ0) is 13.6. The minimum atomic E-state index is -0.276. The normalized spacial score (nSPS) is 13.2. The zero-order valence-electron chi connectivity index (χ0n) is 9.79. The monoisotopic (exact) mass is 354 g/mol. The van der Waals surface area contributed by atoms with E-state index in [1.807, 2.05) is 36.4 Å². The van der Waals surface area contributed by atoms with Crippen LogP contribution in [0.25, 0.3) is 11.1 Å². The molecule has 0 spiro atoms. The van der Waals surface area contributed by atoms with Crippen molar-refractivity contribution in [2.24, 2.45) is 0 Å². The molecule has 0 aliphatic heterocycles. The highest BCUT2D eigenvalue weighted by Crippen LogP contribution is 2.47. The van der Waals surface area contributed by atoms with E-state index in [1.54, 1.807) is 0 Å². The fourth-order valence-corrected chi connectivity index (χ4v) is 3.31. The van der Waals surface area contributed by atoms with E-state index in [9.17, 15) is 4.79 Å². The number of carbonyl (C=O) groups excluding carboxylic acids is 1. The summed E-state index contributed by atoms with van der Waals surface area (Å²) in [6.45, 7) is 0. The van der Waals surface area contributed by atoms with Gasteiger partial charge < -0.3 is 0 Å². The van der Waals surface area contributed by atoms with E-state index in [1.165, 1.54) is 0 Å². The number of hydrogen-bond acceptors (Lipinski definition) is 1. The SMILES string of the molecule is O=C(CBr)C1c2cc(Cl)ccc2-c2ccc(Cl)cc21. The number of carbonyl (C=O) groups is 1. The second-order valence-electron chi connectivity index (χ2n) is 4.50. The van der Waals surface area contributed by atoms with Gasteiger partial charge >= 0.3 is 0 Å². The van der Waals surface area contributed by atoms with Gasteiger partial charge in [-0.3, -0.25) is 4.79 Å². The maximum absolute atomic E-state index is 12.2. The van der Waals surface area contributed by atoms with Crippen molar-refractivity contribution in [2.75, 3.05) is 5.33 Å². The second-order valence-corrected chi connectivity index (χ2v) is 5.93. The van der Waals surface area contributed by atoms with Crippen LogP contribution >= 0.6 is 39.1 Å². The molecule has 0 fully saturated rings. The number of fused-ring (bicyclic) bond motifs is 3. The highest BCUT2D eigenvalue weighted by Gasteiger charge is 2.33. The van der Waals surface area contributed by atoms with Gasteiger partial charge in [-0.1, -0.05) is 51.3 Å². The van der Waals surface area contributed by atoms with Gasteiger partial charge in [0, 0.05) is 10.0 Å². The molecule has 0 N–H and O–H groups in total. The van der Waals surface area contributed by atoms with Crippen molar-refractivity contribution in [3.8, 4) is 11.1 Å². The number of hydrogen-bond donors (Lipinski definition) is 0. The molecule has 0 heterocycles. The first-order valence-corrected chi connectivity index (χ1v) is 7.67. The molecule has 0 saturated carbocycles. The maximum Gasteiger partial charge on any atom is 0.155 e. The fourth-order valence-electron chi connectivity index (χ4n) is 2.63. The molecule has 19 heavy (non-hydrogen) atoms. The Morgan fingerprint density at radius 1 is 1.00 bits per heavy atom. The smallest absolute Gasteiger partial charge is 0.155 e. The molecule has 0 unspecified atom stereocenters. The van der Waals surface area contributed by atoms with Gasteiger partial charge in [0.1, 0.15) is 0 Å². The van der Waals surface area contributed by atoms with Crippen molar-refractivity contribution in [2.45, 2.75) is 5.92 Å². The summed E-state index contributed by atoms with van der Waals surface area (Å²) in [7, 11) is 0. The lowest BCUT2D eigenvalue weighted by molar-refractivity contribution is -0.117. The predicted octanol–water partition coefficient (Wildman–Crippen LogP) is 5.07. The first kappa shape index (κ1) is 13.2. The zero-order valence-corrected chi connectivity index (χ0v) is 12.9. The van der Waals surface area contributed by atoms with Crippen LogP contribution < -0.4 is 0 Å². The van der Waals surface area contributed by atoms with Crippen LogP contribution in [0.2, 0.25) is 10.0 Å². The van der Waals surface area contributed by atoms with Gasteiger partial charge in [0.05, 0.1) is 11.2 Å². The van der Waals surface area contributed by atoms with Gasteiger partial charge in [-0.05, 0) is 46.5 Å². The number of ketones is 1. The Balaban J connectivity index is 2.29. The van der Waals surface area contributed by atoms with Crippen molar-refractivity contribution in [3.05, 3.63) is 57.6 Å². The van der Waals surface area contributed by atoms with Crippen molar-refractivity contribution in [1.82, 2.24) is 0 Å². The Morgan fingerprint density at radius 2 is 1.47 bits per heavy atom. The molecule has 0 aromatic heterocycles. The average Bonchev–Trinajstić information content (AvgIpc) is 2.70. The highest BCUT2D eigenvalue weighted by molar-refractivity contribution is 9.09. The van der Waals surface area contributed by atoms with Crippen LogP contribution in [0, 0.1) is 0 Å². The summed E-state index contributed by atoms with van der Waals surface area (Å²) in [5.74, 6) is -0.161. The van der Waals surface area contributed by atoms with E-state index in [4.69, 9.17) is 23.2 Å². The molecule has 0 atom stereocenters. The third-order valence-electron chi connectivity index (χ3n) is 3.39. The van der Waals surface area contributed by atoms with Crippen LogP contribution in [0.4, 0.5) is 0 Å². The Bertz CT molecular complexity index is 630. The highest BCUT2D eigenvalue weighted by atomic mass is 79.9. The molecule has 0 saturated heterocycles. The van der Waals surface area contributed by atoms with E-state index >= 15 is 0 Å². The molecule has 0 radical (unpaired) electrons. The van der Waals surface area contributed by atoms with E-state index in [0.29, 0.717) is 15.4 Å². The molecule has 96 valence electrons. The summed E-state index contributed by atoms with van der Waals surface area (Å²) in [6, 6.07) is 11.4. The number of alkyl halides is 1. The second kappa shape index (κ2) is 4.93. The Hall–Kier alpha value is -0.830. The maximum atomic E-state index is 12.2. The minimum absolute atomic E-state index is 0.115. The van der Waals surface area contributed by atoms with Crippen molar-refractivity contribution < 1.29 is 4.79 Å². The van der Waals surface area contributed by atoms with Gasteiger partial charge in [-0.25, -0.2) is 0 Å². The fraction of sp³-hybridized carbons (Fsp3) is 0.133. The van der Waals surface area contributed by atoms with Crippen LogP contribution in [0.1, 0.15) is 17.0 Å². The first-order valence-electron chi connectivity index (χ1n) is 5.79. The molecule has 3 rings (SSSR count). The summed E-state index contributed by atoms with van der Waals surface area (Å²) < 4.78 is 0. The first-order chi connectivity index (χ1) is 9.11. The van der Waals surface area contributed by atoms with Crippen molar-refractivity contribution in [1.29, 1.82) is 0 Å². The molecular formula is C15H9BrCl2O. The number of benzene rings is 2. The summed E-state index contributed by atoms with van der Waals surface area (Å²) in [5.41, 5.74) is 4.06. The van der Waals surface area contributed by atoms with E-state index in [2.05, 4.69) is 15.9 Å². The number of Topliss-reactive ketones (excluding diaryl/α,β-unsaturated/α-hetero) is 1. The molecule has 1 aliphatic carbocycles. The third kappa shape index (κ3) is 2.12. The molecule has 1 aliphatic rings. The third-order valence-corrected chi connectivity index (χ3v) is 4.42. The Morgan fingerprint density at radius 3 is 1.89 bits per heavy atom. The van der Waals surface area contributed by atoms with Crippen LogP contribution in [-0.2, 0) is 4.79 Å². The van der Waals surface area contributed by atoms with Gasteiger partial charge in [0.2, 0.25) is 0 Å². The lowest BCUT2D eigenvalue weighted by atomic mass is 9.93. The predicted molar refractivity (Wildman–Crippen MR) is 82.5 cm³/mol. The minimum Gasteiger partial charge on any atom is -0.298 e. The molecule has 2 aromatic rings. The summed E-state index contributed by atoms with van der Waals surface area (Å²) in [6.07, 6.45) is 0. The van der Waals surface area contributed by atoms with Crippen molar-refractivity contribution >= 4 is 44.9 Å². The Kier molecular flexibility index (Phi) is 3.42. The van der Waals surface area contributed by atoms with E-state index < -0.39 is 0 Å². The molecule has 0 amide bonds. The summed E-state index contributed by atoms with van der Waals surface area (Å²) in [4.78, 5) is 12.2. The number of halogens is 3. The quantitative estimate of drug-likeness (QED) is 0.687. The van der Waals surface area contributed by atoms with E-state index in [0.717, 1.165) is 22.3 Å². The molecule has 4 heteroatoms.